The molecule has 1 saturated heterocycles. The van der Waals surface area contributed by atoms with Crippen LogP contribution >= 0.6 is 0 Å². The van der Waals surface area contributed by atoms with Crippen molar-refractivity contribution >= 4 is 11.9 Å². The summed E-state index contributed by atoms with van der Waals surface area (Å²) in [6.45, 7) is 1.99. The molecule has 34 heavy (non-hydrogen) atoms. The molecule has 2 fully saturated rings. The number of nitrogens with zero attached hydrogens (tertiary/aromatic N) is 4. The van der Waals surface area contributed by atoms with E-state index in [0.717, 1.165) is 24.2 Å². The molecule has 2 aromatic heterocycles. The molecule has 3 aromatic rings. The number of nitrogens with one attached hydrogen (secondary N) is 2. The normalized spacial score (nSPS) is 22.5. The highest BCUT2D eigenvalue weighted by Crippen LogP contribution is 2.45. The second-order valence-corrected chi connectivity index (χ2v) is 9.24. The number of anilines is 1. The Hall–Kier alpha value is -3.46. The number of hydrogen-bond donors (Lipinski definition) is 2. The second-order valence-electron chi connectivity index (χ2n) is 9.24. The molecule has 1 saturated carbocycles. The number of halogens is 2. The lowest BCUT2D eigenvalue weighted by Gasteiger charge is -2.43. The first-order chi connectivity index (χ1) is 16.4. The van der Waals surface area contributed by atoms with Gasteiger partial charge >= 0.3 is 0 Å². The van der Waals surface area contributed by atoms with E-state index in [-0.39, 0.29) is 37.0 Å². The molecule has 1 aliphatic heterocycles. The van der Waals surface area contributed by atoms with Gasteiger partial charge in [-0.15, -0.1) is 0 Å². The highest BCUT2D eigenvalue weighted by molar-refractivity contribution is 5.95. The number of pyridine rings is 1. The Kier molecular flexibility index (Phi) is 5.95. The number of likely N-dealkylation sites (N-methyl/N-ethyl adjacent to an activating group) is 1. The van der Waals surface area contributed by atoms with E-state index in [0.29, 0.717) is 11.5 Å². The van der Waals surface area contributed by atoms with E-state index in [1.807, 2.05) is 25.2 Å². The monoisotopic (exact) mass is 464 g/mol. The molecular formula is C25H26F2N6O. The molecule has 0 bridgehead atoms. The number of aromatic nitrogens is 3. The van der Waals surface area contributed by atoms with Gasteiger partial charge in [-0.2, -0.15) is 0 Å². The van der Waals surface area contributed by atoms with Crippen LogP contribution in [0.25, 0.3) is 11.1 Å². The van der Waals surface area contributed by atoms with Crippen molar-refractivity contribution in [2.45, 2.75) is 30.5 Å². The molecule has 7 nitrogen and oxygen atoms in total. The minimum absolute atomic E-state index is 0.0992. The maximum Gasteiger partial charge on any atom is 0.251 e. The maximum absolute atomic E-state index is 14.3. The molecule has 0 unspecified atom stereocenters. The summed E-state index contributed by atoms with van der Waals surface area (Å²) in [5.41, 5.74) is 1.73. The quantitative estimate of drug-likeness (QED) is 0.559. The molecule has 1 aliphatic carbocycles. The van der Waals surface area contributed by atoms with E-state index in [1.165, 1.54) is 18.3 Å². The van der Waals surface area contributed by atoms with Crippen LogP contribution in [0.2, 0.25) is 0 Å². The number of benzene rings is 1. The van der Waals surface area contributed by atoms with Crippen LogP contribution in [-0.2, 0) is 5.41 Å². The van der Waals surface area contributed by atoms with Gasteiger partial charge in [0.15, 0.2) is 0 Å². The van der Waals surface area contributed by atoms with E-state index < -0.39 is 17.4 Å². The van der Waals surface area contributed by atoms with Crippen LogP contribution in [0.15, 0.2) is 55.0 Å². The molecule has 0 atom stereocenters. The smallest absolute Gasteiger partial charge is 0.251 e. The molecular weight excluding hydrogens is 438 g/mol. The van der Waals surface area contributed by atoms with Gasteiger partial charge in [-0.1, -0.05) is 12.1 Å². The topological polar surface area (TPSA) is 83.0 Å². The lowest BCUT2D eigenvalue weighted by atomic mass is 9.65. The number of amides is 1. The Bertz CT molecular complexity index is 1180. The third-order valence-electron chi connectivity index (χ3n) is 6.58. The Morgan fingerprint density at radius 2 is 1.88 bits per heavy atom. The van der Waals surface area contributed by atoms with Crippen LogP contribution in [-0.4, -0.2) is 64.7 Å². The predicted octanol–water partition coefficient (Wildman–Crippen LogP) is 3.20. The third-order valence-corrected chi connectivity index (χ3v) is 6.58. The van der Waals surface area contributed by atoms with Crippen LogP contribution in [0.1, 0.15) is 28.9 Å². The van der Waals surface area contributed by atoms with Crippen molar-refractivity contribution in [2.75, 3.05) is 32.0 Å². The van der Waals surface area contributed by atoms with Gasteiger partial charge in [0.1, 0.15) is 12.0 Å². The molecule has 1 aromatic carbocycles. The summed E-state index contributed by atoms with van der Waals surface area (Å²) in [6, 6.07) is 10.4. The van der Waals surface area contributed by atoms with E-state index >= 15 is 0 Å². The molecule has 3 heterocycles. The Morgan fingerprint density at radius 1 is 1.12 bits per heavy atom. The van der Waals surface area contributed by atoms with E-state index in [1.54, 1.807) is 18.5 Å². The molecule has 1 amide bonds. The van der Waals surface area contributed by atoms with Gasteiger partial charge in [-0.25, -0.2) is 18.7 Å². The van der Waals surface area contributed by atoms with E-state index in [4.69, 9.17) is 0 Å². The van der Waals surface area contributed by atoms with Gasteiger partial charge in [0, 0.05) is 54.8 Å². The van der Waals surface area contributed by atoms with Crippen molar-refractivity contribution in [3.63, 3.8) is 0 Å². The second kappa shape index (κ2) is 9.06. The van der Waals surface area contributed by atoms with Crippen LogP contribution in [0.3, 0.4) is 0 Å². The SMILES string of the molecule is CN1CC(NC(=O)c2cccc(-c3cnc(NC[C@]4(c5ncccc5F)C[C@H](F)C4)nc3)c2)C1. The van der Waals surface area contributed by atoms with Crippen LogP contribution < -0.4 is 10.6 Å². The molecule has 0 spiro atoms. The van der Waals surface area contributed by atoms with Crippen molar-refractivity contribution in [1.29, 1.82) is 0 Å². The largest absolute Gasteiger partial charge is 0.353 e. The minimum Gasteiger partial charge on any atom is -0.353 e. The highest BCUT2D eigenvalue weighted by atomic mass is 19.1. The third kappa shape index (κ3) is 4.48. The highest BCUT2D eigenvalue weighted by Gasteiger charge is 2.48. The standard InChI is InChI=1S/C25H26F2N6O/c1-33-13-20(14-33)32-23(34)17-5-2-4-16(8-17)18-11-29-24(30-12-18)31-15-25(9-19(26)10-25)22-21(27)6-3-7-28-22/h2-8,11-12,19-20H,9-10,13-15H2,1H3,(H,32,34)(H,29,30,31)/t19-,25-. The Labute approximate surface area is 196 Å². The molecule has 9 heteroatoms. The van der Waals surface area contributed by atoms with E-state index in [2.05, 4.69) is 30.5 Å². The molecule has 0 radical (unpaired) electrons. The summed E-state index contributed by atoms with van der Waals surface area (Å²) in [7, 11) is 2.02. The average molecular weight is 465 g/mol. The molecule has 176 valence electrons. The lowest BCUT2D eigenvalue weighted by Crippen LogP contribution is -2.57. The maximum atomic E-state index is 14.3. The van der Waals surface area contributed by atoms with E-state index in [9.17, 15) is 13.6 Å². The summed E-state index contributed by atoms with van der Waals surface area (Å²) >= 11 is 0. The molecule has 2 N–H and O–H groups in total. The number of carbonyl (C=O) groups excluding carboxylic acids is 1. The summed E-state index contributed by atoms with van der Waals surface area (Å²) in [5.74, 6) is -0.164. The van der Waals surface area contributed by atoms with Crippen LogP contribution in [0, 0.1) is 5.82 Å². The van der Waals surface area contributed by atoms with Gasteiger partial charge in [0.2, 0.25) is 5.95 Å². The van der Waals surface area contributed by atoms with Gasteiger partial charge in [-0.3, -0.25) is 9.78 Å². The number of carbonyl (C=O) groups is 1. The molecule has 2 aliphatic rings. The fraction of sp³-hybridized carbons (Fsp3) is 0.360. The first-order valence-electron chi connectivity index (χ1n) is 11.3. The van der Waals surface area contributed by atoms with Gasteiger partial charge in [0.25, 0.3) is 5.91 Å². The summed E-state index contributed by atoms with van der Waals surface area (Å²) < 4.78 is 28.1. The molecule has 5 rings (SSSR count). The van der Waals surface area contributed by atoms with Crippen molar-refractivity contribution in [1.82, 2.24) is 25.2 Å². The summed E-state index contributed by atoms with van der Waals surface area (Å²) in [5, 5.41) is 6.15. The summed E-state index contributed by atoms with van der Waals surface area (Å²) in [4.78, 5) is 27.6. The number of hydrogen-bond acceptors (Lipinski definition) is 6. The number of likely N-dealkylation sites (tertiary alicyclic amines) is 1. The number of alkyl halides is 1. The first kappa shape index (κ1) is 22.3. The zero-order chi connectivity index (χ0) is 23.7. The van der Waals surface area contributed by atoms with Crippen molar-refractivity contribution in [3.05, 3.63) is 72.1 Å². The number of rotatable bonds is 7. The average Bonchev–Trinajstić information content (AvgIpc) is 2.81. The zero-order valence-corrected chi connectivity index (χ0v) is 18.8. The van der Waals surface area contributed by atoms with Gasteiger partial charge in [0.05, 0.1) is 11.7 Å². The van der Waals surface area contributed by atoms with Crippen molar-refractivity contribution in [3.8, 4) is 11.1 Å². The van der Waals surface area contributed by atoms with Crippen molar-refractivity contribution in [2.24, 2.45) is 0 Å². The van der Waals surface area contributed by atoms with Crippen LogP contribution in [0.4, 0.5) is 14.7 Å². The fourth-order valence-corrected chi connectivity index (χ4v) is 4.70. The fourth-order valence-electron chi connectivity index (χ4n) is 4.70. The first-order valence-corrected chi connectivity index (χ1v) is 11.3. The van der Waals surface area contributed by atoms with Gasteiger partial charge < -0.3 is 15.5 Å². The minimum atomic E-state index is -0.971. The van der Waals surface area contributed by atoms with Crippen LogP contribution in [0.5, 0.6) is 0 Å². The zero-order valence-electron chi connectivity index (χ0n) is 18.8. The lowest BCUT2D eigenvalue weighted by molar-refractivity contribution is 0.0857. The Balaban J connectivity index is 1.25. The Morgan fingerprint density at radius 3 is 2.56 bits per heavy atom. The predicted molar refractivity (Wildman–Crippen MR) is 125 cm³/mol. The summed E-state index contributed by atoms with van der Waals surface area (Å²) in [6.07, 6.45) is 4.30. The van der Waals surface area contributed by atoms with Gasteiger partial charge in [-0.05, 0) is 49.7 Å². The van der Waals surface area contributed by atoms with Crippen molar-refractivity contribution < 1.29 is 13.6 Å².